The molecule has 1 aromatic carbocycles. The van der Waals surface area contributed by atoms with Gasteiger partial charge < -0.3 is 9.80 Å². The van der Waals surface area contributed by atoms with Crippen LogP contribution in [0.4, 0.5) is 5.69 Å². The van der Waals surface area contributed by atoms with Crippen LogP contribution in [0.15, 0.2) is 18.2 Å². The van der Waals surface area contributed by atoms with Crippen molar-refractivity contribution in [1.29, 1.82) is 0 Å². The third kappa shape index (κ3) is 3.54. The number of rotatable bonds is 3. The Morgan fingerprint density at radius 1 is 1.26 bits per heavy atom. The summed E-state index contributed by atoms with van der Waals surface area (Å²) in [6.45, 7) is 5.27. The van der Waals surface area contributed by atoms with E-state index in [4.69, 9.17) is 23.2 Å². The van der Waals surface area contributed by atoms with Crippen LogP contribution in [0.25, 0.3) is 0 Å². The van der Waals surface area contributed by atoms with Crippen LogP contribution in [0, 0.1) is 6.92 Å². The minimum Gasteiger partial charge on any atom is -0.368 e. The zero-order valence-electron chi connectivity index (χ0n) is 11.0. The van der Waals surface area contributed by atoms with Gasteiger partial charge in [-0.1, -0.05) is 17.7 Å². The second-order valence-corrected chi connectivity index (χ2v) is 5.55. The van der Waals surface area contributed by atoms with Crippen LogP contribution in [-0.2, 0) is 4.79 Å². The van der Waals surface area contributed by atoms with E-state index in [0.717, 1.165) is 36.9 Å². The molecule has 0 atom stereocenters. The van der Waals surface area contributed by atoms with Crippen LogP contribution in [0.5, 0.6) is 0 Å². The number of carbonyl (C=O) groups is 1. The third-order valence-corrected chi connectivity index (χ3v) is 3.88. The predicted octanol–water partition coefficient (Wildman–Crippen LogP) is 2.93. The molecule has 1 aromatic rings. The number of nitrogens with zero attached hydrogens (tertiary/aromatic N) is 2. The Morgan fingerprint density at radius 2 is 1.95 bits per heavy atom. The maximum absolute atomic E-state index is 11.8. The van der Waals surface area contributed by atoms with Crippen LogP contribution in [0.1, 0.15) is 12.0 Å². The normalized spacial score (nSPS) is 15.7. The largest absolute Gasteiger partial charge is 0.368 e. The van der Waals surface area contributed by atoms with Crippen molar-refractivity contribution in [2.24, 2.45) is 0 Å². The molecule has 1 saturated heterocycles. The van der Waals surface area contributed by atoms with Crippen molar-refractivity contribution in [2.75, 3.05) is 37.0 Å². The molecule has 3 nitrogen and oxygen atoms in total. The minimum absolute atomic E-state index is 0.150. The van der Waals surface area contributed by atoms with E-state index >= 15 is 0 Å². The molecule has 0 aliphatic carbocycles. The summed E-state index contributed by atoms with van der Waals surface area (Å²) in [6, 6.07) is 5.93. The summed E-state index contributed by atoms with van der Waals surface area (Å²) in [5, 5.41) is 0.751. The number of halogens is 2. The van der Waals surface area contributed by atoms with Gasteiger partial charge in [-0.25, -0.2) is 0 Å². The number of piperazine rings is 1. The maximum atomic E-state index is 11.8. The molecule has 1 heterocycles. The van der Waals surface area contributed by atoms with Gasteiger partial charge in [-0.05, 0) is 24.6 Å². The number of carbonyl (C=O) groups excluding carboxylic acids is 1. The molecule has 0 bridgehead atoms. The second-order valence-electron chi connectivity index (χ2n) is 4.74. The molecule has 1 aliphatic heterocycles. The Morgan fingerprint density at radius 3 is 2.58 bits per heavy atom. The van der Waals surface area contributed by atoms with Crippen LogP contribution >= 0.6 is 23.2 Å². The highest BCUT2D eigenvalue weighted by atomic mass is 35.5. The maximum Gasteiger partial charge on any atom is 0.223 e. The van der Waals surface area contributed by atoms with Crippen molar-refractivity contribution in [2.45, 2.75) is 13.3 Å². The molecule has 2 rings (SSSR count). The average molecular weight is 301 g/mol. The quantitative estimate of drug-likeness (QED) is 0.801. The summed E-state index contributed by atoms with van der Waals surface area (Å²) < 4.78 is 0. The number of hydrogen-bond donors (Lipinski definition) is 0. The summed E-state index contributed by atoms with van der Waals surface area (Å²) in [5.74, 6) is 0.546. The number of anilines is 1. The topological polar surface area (TPSA) is 23.6 Å². The van der Waals surface area contributed by atoms with Crippen molar-refractivity contribution in [1.82, 2.24) is 4.90 Å². The summed E-state index contributed by atoms with van der Waals surface area (Å²) in [7, 11) is 0. The van der Waals surface area contributed by atoms with Crippen LogP contribution in [0.2, 0.25) is 5.02 Å². The van der Waals surface area contributed by atoms with E-state index in [9.17, 15) is 4.79 Å². The number of amides is 1. The van der Waals surface area contributed by atoms with Gasteiger partial charge in [0.1, 0.15) is 0 Å². The molecule has 0 spiro atoms. The fraction of sp³-hybridized carbons (Fsp3) is 0.500. The summed E-state index contributed by atoms with van der Waals surface area (Å²) in [6.07, 6.45) is 0.428. The molecule has 19 heavy (non-hydrogen) atoms. The third-order valence-electron chi connectivity index (χ3n) is 3.45. The average Bonchev–Trinajstić information content (AvgIpc) is 2.42. The van der Waals surface area contributed by atoms with Crippen LogP contribution in [-0.4, -0.2) is 42.9 Å². The molecule has 1 amide bonds. The number of alkyl halides is 1. The molecule has 0 N–H and O–H groups in total. The summed E-state index contributed by atoms with van der Waals surface area (Å²) in [5.41, 5.74) is 2.38. The van der Waals surface area contributed by atoms with Crippen molar-refractivity contribution in [3.63, 3.8) is 0 Å². The minimum atomic E-state index is 0.150. The van der Waals surface area contributed by atoms with Gasteiger partial charge in [0.05, 0.1) is 0 Å². The molecule has 1 aliphatic rings. The Labute approximate surface area is 124 Å². The zero-order chi connectivity index (χ0) is 13.8. The fourth-order valence-corrected chi connectivity index (χ4v) is 2.69. The molecule has 1 fully saturated rings. The Balaban J connectivity index is 2.00. The molecule has 5 heteroatoms. The van der Waals surface area contributed by atoms with Crippen molar-refractivity contribution in [3.05, 3.63) is 28.8 Å². The van der Waals surface area contributed by atoms with Gasteiger partial charge in [0, 0.05) is 49.2 Å². The van der Waals surface area contributed by atoms with Crippen molar-refractivity contribution < 1.29 is 4.79 Å². The molecular weight excluding hydrogens is 283 g/mol. The van der Waals surface area contributed by atoms with Gasteiger partial charge in [-0.3, -0.25) is 4.79 Å². The fourth-order valence-electron chi connectivity index (χ4n) is 2.36. The molecule has 0 aromatic heterocycles. The van der Waals surface area contributed by atoms with E-state index in [1.165, 1.54) is 5.56 Å². The van der Waals surface area contributed by atoms with Crippen LogP contribution in [0.3, 0.4) is 0 Å². The molecule has 0 unspecified atom stereocenters. The first-order valence-corrected chi connectivity index (χ1v) is 7.38. The smallest absolute Gasteiger partial charge is 0.223 e. The Kier molecular flexibility index (Phi) is 4.94. The highest BCUT2D eigenvalue weighted by Gasteiger charge is 2.21. The lowest BCUT2D eigenvalue weighted by Gasteiger charge is -2.36. The van der Waals surface area contributed by atoms with Gasteiger partial charge in [-0.15, -0.1) is 11.6 Å². The van der Waals surface area contributed by atoms with Crippen LogP contribution < -0.4 is 4.90 Å². The SMILES string of the molecule is Cc1ccc(Cl)cc1N1CCN(C(=O)CCCl)CC1. The zero-order valence-corrected chi connectivity index (χ0v) is 12.5. The van der Waals surface area contributed by atoms with Crippen molar-refractivity contribution in [3.8, 4) is 0 Å². The number of hydrogen-bond acceptors (Lipinski definition) is 2. The molecule has 104 valence electrons. The first-order valence-electron chi connectivity index (χ1n) is 6.46. The summed E-state index contributed by atoms with van der Waals surface area (Å²) >= 11 is 11.7. The van der Waals surface area contributed by atoms with Gasteiger partial charge in [0.25, 0.3) is 0 Å². The monoisotopic (exact) mass is 300 g/mol. The molecular formula is C14H18Cl2N2O. The highest BCUT2D eigenvalue weighted by molar-refractivity contribution is 6.30. The Bertz CT molecular complexity index is 457. The Hall–Kier alpha value is -0.930. The lowest BCUT2D eigenvalue weighted by Crippen LogP contribution is -2.49. The van der Waals surface area contributed by atoms with Gasteiger partial charge in [-0.2, -0.15) is 0 Å². The molecule has 0 saturated carbocycles. The van der Waals surface area contributed by atoms with E-state index in [2.05, 4.69) is 11.8 Å². The second kappa shape index (κ2) is 6.49. The van der Waals surface area contributed by atoms with Crippen molar-refractivity contribution >= 4 is 34.8 Å². The first kappa shape index (κ1) is 14.5. The molecule has 0 radical (unpaired) electrons. The van der Waals surface area contributed by atoms with Gasteiger partial charge >= 0.3 is 0 Å². The lowest BCUT2D eigenvalue weighted by atomic mass is 10.1. The lowest BCUT2D eigenvalue weighted by molar-refractivity contribution is -0.131. The highest BCUT2D eigenvalue weighted by Crippen LogP contribution is 2.25. The van der Waals surface area contributed by atoms with E-state index in [0.29, 0.717) is 12.3 Å². The first-order chi connectivity index (χ1) is 9.11. The number of aryl methyl sites for hydroxylation is 1. The number of benzene rings is 1. The van der Waals surface area contributed by atoms with E-state index in [-0.39, 0.29) is 5.91 Å². The van der Waals surface area contributed by atoms with E-state index in [1.54, 1.807) is 0 Å². The van der Waals surface area contributed by atoms with Gasteiger partial charge in [0.2, 0.25) is 5.91 Å². The van der Waals surface area contributed by atoms with E-state index < -0.39 is 0 Å². The standard InChI is InChI=1S/C14H18Cl2N2O/c1-11-2-3-12(16)10-13(11)17-6-8-18(9-7-17)14(19)4-5-15/h2-3,10H,4-9H2,1H3. The van der Waals surface area contributed by atoms with E-state index in [1.807, 2.05) is 23.1 Å². The summed E-state index contributed by atoms with van der Waals surface area (Å²) in [4.78, 5) is 15.9. The van der Waals surface area contributed by atoms with Gasteiger partial charge in [0.15, 0.2) is 0 Å². The predicted molar refractivity (Wildman–Crippen MR) is 80.3 cm³/mol.